The number of carboxylic acid groups (broad SMARTS) is 1. The van der Waals surface area contributed by atoms with Crippen LogP contribution in [-0.4, -0.2) is 11.1 Å². The standard InChI is InChI=1S/C11H12O2S/c1-8-3-5-10(6-4-8)14-9(2)7-11(12)13/h3-7H,1-2H3,(H,12,13)/b9-7-. The van der Waals surface area contributed by atoms with Crippen molar-refractivity contribution >= 4 is 17.7 Å². The lowest BCUT2D eigenvalue weighted by Crippen LogP contribution is -1.87. The third-order valence-electron chi connectivity index (χ3n) is 1.63. The zero-order valence-electron chi connectivity index (χ0n) is 8.15. The second-order valence-electron chi connectivity index (χ2n) is 3.01. The minimum atomic E-state index is -0.901. The molecule has 1 aromatic carbocycles. The van der Waals surface area contributed by atoms with Gasteiger partial charge in [-0.15, -0.1) is 0 Å². The highest BCUT2D eigenvalue weighted by molar-refractivity contribution is 8.03. The average Bonchev–Trinajstić information content (AvgIpc) is 2.07. The molecule has 3 heteroatoms. The molecule has 2 nitrogen and oxygen atoms in total. The minimum absolute atomic E-state index is 0.779. The Morgan fingerprint density at radius 1 is 1.36 bits per heavy atom. The summed E-state index contributed by atoms with van der Waals surface area (Å²) in [6, 6.07) is 7.99. The summed E-state index contributed by atoms with van der Waals surface area (Å²) in [5.41, 5.74) is 1.20. The van der Waals surface area contributed by atoms with Crippen LogP contribution in [0.5, 0.6) is 0 Å². The fraction of sp³-hybridized carbons (Fsp3) is 0.182. The van der Waals surface area contributed by atoms with Crippen LogP contribution in [0.2, 0.25) is 0 Å². The van der Waals surface area contributed by atoms with Crippen LogP contribution < -0.4 is 0 Å². The highest BCUT2D eigenvalue weighted by atomic mass is 32.2. The normalized spacial score (nSPS) is 11.4. The molecule has 0 bridgehead atoms. The molecule has 0 aliphatic heterocycles. The molecule has 0 saturated heterocycles. The summed E-state index contributed by atoms with van der Waals surface area (Å²) >= 11 is 1.46. The number of thioether (sulfide) groups is 1. The topological polar surface area (TPSA) is 37.3 Å². The van der Waals surface area contributed by atoms with Gasteiger partial charge in [-0.1, -0.05) is 29.5 Å². The number of allylic oxidation sites excluding steroid dienone is 1. The predicted octanol–water partition coefficient (Wildman–Crippen LogP) is 3.08. The van der Waals surface area contributed by atoms with Crippen LogP contribution in [0.3, 0.4) is 0 Å². The van der Waals surface area contributed by atoms with Gasteiger partial charge < -0.3 is 5.11 Å². The molecule has 0 amide bonds. The predicted molar refractivity (Wildman–Crippen MR) is 58.4 cm³/mol. The molecular weight excluding hydrogens is 196 g/mol. The molecule has 74 valence electrons. The largest absolute Gasteiger partial charge is 0.478 e. The van der Waals surface area contributed by atoms with Crippen molar-refractivity contribution in [3.05, 3.63) is 40.8 Å². The zero-order valence-corrected chi connectivity index (χ0v) is 8.97. The van der Waals surface area contributed by atoms with Gasteiger partial charge in [-0.05, 0) is 30.9 Å². The molecule has 0 fully saturated rings. The maximum absolute atomic E-state index is 10.4. The third-order valence-corrected chi connectivity index (χ3v) is 2.57. The smallest absolute Gasteiger partial charge is 0.329 e. The summed E-state index contributed by atoms with van der Waals surface area (Å²) < 4.78 is 0. The van der Waals surface area contributed by atoms with Crippen LogP contribution in [0.1, 0.15) is 12.5 Å². The van der Waals surface area contributed by atoms with Crippen molar-refractivity contribution in [2.45, 2.75) is 18.7 Å². The van der Waals surface area contributed by atoms with Crippen molar-refractivity contribution < 1.29 is 9.90 Å². The first-order valence-electron chi connectivity index (χ1n) is 4.23. The first-order chi connectivity index (χ1) is 6.58. The molecule has 0 radical (unpaired) electrons. The van der Waals surface area contributed by atoms with Crippen LogP contribution in [-0.2, 0) is 4.79 Å². The van der Waals surface area contributed by atoms with E-state index in [2.05, 4.69) is 0 Å². The van der Waals surface area contributed by atoms with Gasteiger partial charge in [-0.3, -0.25) is 0 Å². The van der Waals surface area contributed by atoms with E-state index in [0.717, 1.165) is 9.80 Å². The summed E-state index contributed by atoms with van der Waals surface area (Å²) in [6.07, 6.45) is 1.21. The Morgan fingerprint density at radius 3 is 2.43 bits per heavy atom. The minimum Gasteiger partial charge on any atom is -0.478 e. The molecule has 0 saturated carbocycles. The number of hydrogen-bond donors (Lipinski definition) is 1. The van der Waals surface area contributed by atoms with Gasteiger partial charge in [0.15, 0.2) is 0 Å². The molecule has 0 atom stereocenters. The van der Waals surface area contributed by atoms with Gasteiger partial charge in [0.2, 0.25) is 0 Å². The Morgan fingerprint density at radius 2 is 1.93 bits per heavy atom. The molecule has 0 heterocycles. The lowest BCUT2D eigenvalue weighted by Gasteiger charge is -2.00. The first-order valence-corrected chi connectivity index (χ1v) is 5.05. The van der Waals surface area contributed by atoms with Gasteiger partial charge in [-0.2, -0.15) is 0 Å². The van der Waals surface area contributed by atoms with Gasteiger partial charge in [0, 0.05) is 11.0 Å². The summed E-state index contributed by atoms with van der Waals surface area (Å²) in [5.74, 6) is -0.901. The molecule has 1 N–H and O–H groups in total. The highest BCUT2D eigenvalue weighted by Crippen LogP contribution is 2.25. The molecule has 0 aliphatic rings. The van der Waals surface area contributed by atoms with Crippen molar-refractivity contribution in [3.8, 4) is 0 Å². The van der Waals surface area contributed by atoms with Crippen LogP contribution in [0, 0.1) is 6.92 Å². The Balaban J connectivity index is 2.69. The number of aryl methyl sites for hydroxylation is 1. The summed E-state index contributed by atoms with van der Waals surface area (Å²) in [7, 11) is 0. The van der Waals surface area contributed by atoms with E-state index in [9.17, 15) is 4.79 Å². The maximum atomic E-state index is 10.4. The van der Waals surface area contributed by atoms with Crippen molar-refractivity contribution in [2.24, 2.45) is 0 Å². The molecule has 0 aromatic heterocycles. The van der Waals surface area contributed by atoms with Gasteiger partial charge >= 0.3 is 5.97 Å². The lowest BCUT2D eigenvalue weighted by molar-refractivity contribution is -0.131. The SMILES string of the molecule is C/C(=C/C(=O)O)Sc1ccc(C)cc1. The van der Waals surface area contributed by atoms with Crippen molar-refractivity contribution in [1.82, 2.24) is 0 Å². The molecule has 0 aliphatic carbocycles. The van der Waals surface area contributed by atoms with Gasteiger partial charge in [-0.25, -0.2) is 4.79 Å². The van der Waals surface area contributed by atoms with Crippen LogP contribution in [0.25, 0.3) is 0 Å². The number of aliphatic carboxylic acids is 1. The Kier molecular flexibility index (Phi) is 3.77. The second kappa shape index (κ2) is 4.86. The number of carbonyl (C=O) groups is 1. The molecule has 0 unspecified atom stereocenters. The van der Waals surface area contributed by atoms with E-state index in [-0.39, 0.29) is 0 Å². The molecule has 0 spiro atoms. The van der Waals surface area contributed by atoms with Gasteiger partial charge in [0.25, 0.3) is 0 Å². The van der Waals surface area contributed by atoms with E-state index in [4.69, 9.17) is 5.11 Å². The fourth-order valence-electron chi connectivity index (χ4n) is 0.996. The fourth-order valence-corrected chi connectivity index (χ4v) is 1.80. The Bertz CT molecular complexity index is 352. The number of hydrogen-bond acceptors (Lipinski definition) is 2. The Labute approximate surface area is 87.6 Å². The number of rotatable bonds is 3. The van der Waals surface area contributed by atoms with E-state index < -0.39 is 5.97 Å². The zero-order chi connectivity index (χ0) is 10.6. The first kappa shape index (κ1) is 10.9. The summed E-state index contributed by atoms with van der Waals surface area (Å²) in [4.78, 5) is 12.2. The molecule has 1 aromatic rings. The number of benzene rings is 1. The van der Waals surface area contributed by atoms with Crippen molar-refractivity contribution in [3.63, 3.8) is 0 Å². The molecule has 14 heavy (non-hydrogen) atoms. The lowest BCUT2D eigenvalue weighted by atomic mass is 10.2. The second-order valence-corrected chi connectivity index (χ2v) is 4.33. The van der Waals surface area contributed by atoms with E-state index in [1.807, 2.05) is 31.2 Å². The van der Waals surface area contributed by atoms with E-state index in [1.54, 1.807) is 6.92 Å². The quantitative estimate of drug-likeness (QED) is 0.612. The van der Waals surface area contributed by atoms with Gasteiger partial charge in [0.1, 0.15) is 0 Å². The average molecular weight is 208 g/mol. The Hall–Kier alpha value is -1.22. The summed E-state index contributed by atoms with van der Waals surface area (Å²) in [6.45, 7) is 3.81. The number of carboxylic acids is 1. The van der Waals surface area contributed by atoms with E-state index >= 15 is 0 Å². The van der Waals surface area contributed by atoms with Crippen LogP contribution in [0.15, 0.2) is 40.1 Å². The maximum Gasteiger partial charge on any atom is 0.329 e. The van der Waals surface area contributed by atoms with E-state index in [1.165, 1.54) is 23.4 Å². The van der Waals surface area contributed by atoms with Crippen LogP contribution >= 0.6 is 11.8 Å². The van der Waals surface area contributed by atoms with Gasteiger partial charge in [0.05, 0.1) is 0 Å². The van der Waals surface area contributed by atoms with Crippen molar-refractivity contribution in [2.75, 3.05) is 0 Å². The van der Waals surface area contributed by atoms with Crippen LogP contribution in [0.4, 0.5) is 0 Å². The van der Waals surface area contributed by atoms with Crippen molar-refractivity contribution in [1.29, 1.82) is 0 Å². The van der Waals surface area contributed by atoms with E-state index in [0.29, 0.717) is 0 Å². The highest BCUT2D eigenvalue weighted by Gasteiger charge is 1.97. The third kappa shape index (κ3) is 3.66. The molecule has 1 rings (SSSR count). The monoisotopic (exact) mass is 208 g/mol. The molecular formula is C11H12O2S. The summed E-state index contributed by atoms with van der Waals surface area (Å²) in [5, 5.41) is 8.52.